The first-order valence-electron chi connectivity index (χ1n) is 11.1. The van der Waals surface area contributed by atoms with Crippen molar-refractivity contribution in [3.8, 4) is 0 Å². The van der Waals surface area contributed by atoms with Crippen molar-refractivity contribution in [1.29, 1.82) is 0 Å². The first kappa shape index (κ1) is 28.6. The molecule has 1 aliphatic rings. The number of likely N-dealkylation sites (tertiary alicyclic amines) is 1. The summed E-state index contributed by atoms with van der Waals surface area (Å²) in [4.78, 5) is 30.8. The van der Waals surface area contributed by atoms with Crippen molar-refractivity contribution in [1.82, 2.24) is 9.88 Å². The number of aldehydes is 1. The molecule has 3 rings (SSSR count). The number of halogens is 3. The Labute approximate surface area is 212 Å². The number of hydrogen-bond acceptors (Lipinski definition) is 6. The SMILES string of the molecule is CC/C=C(\C)SC(=C(C)C)c1csc(NC)n1.O=CC1CN(C(=O)c2ccc(C(F)(F)F)cc2)C1. The van der Waals surface area contributed by atoms with Crippen molar-refractivity contribution in [2.45, 2.75) is 40.3 Å². The standard InChI is InChI=1S/C13H20N2S2.C12H10F3NO2/c1-6-7-10(4)17-12(9(2)3)11-8-16-13(14-5)15-11;13-12(14,15)10-3-1-9(2-4-10)11(18)16-5-8(6-16)7-17/h7-8H,6H2,1-5H3,(H,14,15);1-4,7-8H,5-6H2/b10-7+;. The summed E-state index contributed by atoms with van der Waals surface area (Å²) in [6.45, 7) is 9.27. The highest BCUT2D eigenvalue weighted by Crippen LogP contribution is 2.37. The van der Waals surface area contributed by atoms with Gasteiger partial charge in [0.2, 0.25) is 0 Å². The highest BCUT2D eigenvalue weighted by atomic mass is 32.2. The number of rotatable bonds is 7. The summed E-state index contributed by atoms with van der Waals surface area (Å²) in [5.41, 5.74) is 1.81. The van der Waals surface area contributed by atoms with Crippen molar-refractivity contribution >= 4 is 45.3 Å². The van der Waals surface area contributed by atoms with Crippen LogP contribution in [0, 0.1) is 5.92 Å². The Morgan fingerprint density at radius 3 is 2.31 bits per heavy atom. The van der Waals surface area contributed by atoms with Gasteiger partial charge in [0.1, 0.15) is 6.29 Å². The number of thiazole rings is 1. The lowest BCUT2D eigenvalue weighted by Crippen LogP contribution is -2.50. The summed E-state index contributed by atoms with van der Waals surface area (Å²) in [5.74, 6) is -0.495. The molecule has 190 valence electrons. The van der Waals surface area contributed by atoms with E-state index in [2.05, 4.69) is 49.5 Å². The minimum Gasteiger partial charge on any atom is -0.365 e. The Bertz CT molecular complexity index is 1070. The van der Waals surface area contributed by atoms with E-state index in [0.717, 1.165) is 47.8 Å². The minimum atomic E-state index is -4.40. The number of allylic oxidation sites excluding steroid dienone is 3. The number of amides is 1. The van der Waals surface area contributed by atoms with Gasteiger partial charge in [0.25, 0.3) is 5.91 Å². The molecule has 0 spiro atoms. The second kappa shape index (κ2) is 12.9. The minimum absolute atomic E-state index is 0.150. The topological polar surface area (TPSA) is 62.3 Å². The van der Waals surface area contributed by atoms with Crippen molar-refractivity contribution in [2.24, 2.45) is 5.92 Å². The third-order valence-electron chi connectivity index (χ3n) is 5.01. The van der Waals surface area contributed by atoms with E-state index >= 15 is 0 Å². The van der Waals surface area contributed by atoms with Crippen LogP contribution in [0.2, 0.25) is 0 Å². The number of nitrogens with one attached hydrogen (secondary N) is 1. The summed E-state index contributed by atoms with van der Waals surface area (Å²) in [7, 11) is 1.90. The maximum absolute atomic E-state index is 12.3. The second-order valence-corrected chi connectivity index (χ2v) is 10.2. The second-order valence-electron chi connectivity index (χ2n) is 8.12. The molecule has 1 N–H and O–H groups in total. The fraction of sp³-hybridized carbons (Fsp3) is 0.400. The molecule has 10 heteroatoms. The van der Waals surface area contributed by atoms with Gasteiger partial charge in [0.05, 0.1) is 11.3 Å². The van der Waals surface area contributed by atoms with Crippen molar-refractivity contribution in [3.63, 3.8) is 0 Å². The summed E-state index contributed by atoms with van der Waals surface area (Å²) in [5, 5.41) is 6.16. The highest BCUT2D eigenvalue weighted by molar-refractivity contribution is 8.11. The van der Waals surface area contributed by atoms with Gasteiger partial charge in [-0.2, -0.15) is 13.2 Å². The lowest BCUT2D eigenvalue weighted by molar-refractivity contribution is -0.137. The van der Waals surface area contributed by atoms with Gasteiger partial charge < -0.3 is 15.0 Å². The Morgan fingerprint density at radius 2 is 1.86 bits per heavy atom. The molecule has 5 nitrogen and oxygen atoms in total. The maximum Gasteiger partial charge on any atom is 0.416 e. The van der Waals surface area contributed by atoms with Gasteiger partial charge in [0, 0.05) is 41.9 Å². The summed E-state index contributed by atoms with van der Waals surface area (Å²) < 4.78 is 37.0. The van der Waals surface area contributed by atoms with Crippen molar-refractivity contribution in [2.75, 3.05) is 25.5 Å². The van der Waals surface area contributed by atoms with Crippen LogP contribution in [0.25, 0.3) is 4.91 Å². The lowest BCUT2D eigenvalue weighted by atomic mass is 10.0. The molecule has 35 heavy (non-hydrogen) atoms. The number of carbonyl (C=O) groups is 2. The molecule has 0 atom stereocenters. The molecule has 2 aromatic rings. The molecule has 0 radical (unpaired) electrons. The molecular weight excluding hydrogens is 495 g/mol. The van der Waals surface area contributed by atoms with Crippen LogP contribution in [-0.2, 0) is 11.0 Å². The van der Waals surface area contributed by atoms with Crippen LogP contribution in [0.15, 0.2) is 46.2 Å². The molecule has 0 unspecified atom stereocenters. The molecule has 2 heterocycles. The van der Waals surface area contributed by atoms with Crippen molar-refractivity contribution < 1.29 is 22.8 Å². The van der Waals surface area contributed by atoms with Crippen LogP contribution in [0.4, 0.5) is 18.3 Å². The van der Waals surface area contributed by atoms with Crippen molar-refractivity contribution in [3.05, 3.63) is 63.0 Å². The normalized spacial score (nSPS) is 13.9. The van der Waals surface area contributed by atoms with E-state index in [1.54, 1.807) is 11.3 Å². The maximum atomic E-state index is 12.3. The van der Waals surface area contributed by atoms with Gasteiger partial charge >= 0.3 is 6.18 Å². The Balaban J connectivity index is 0.000000247. The third kappa shape index (κ3) is 8.24. The molecule has 1 amide bonds. The van der Waals surface area contributed by atoms with Crippen LogP contribution in [0.3, 0.4) is 0 Å². The van der Waals surface area contributed by atoms with Gasteiger partial charge in [0.15, 0.2) is 5.13 Å². The van der Waals surface area contributed by atoms with E-state index in [0.29, 0.717) is 13.1 Å². The number of thioether (sulfide) groups is 1. The van der Waals surface area contributed by atoms with Gasteiger partial charge in [-0.15, -0.1) is 11.3 Å². The van der Waals surface area contributed by atoms with Gasteiger partial charge in [-0.05, 0) is 56.4 Å². The van der Waals surface area contributed by atoms with E-state index in [1.807, 2.05) is 18.8 Å². The quantitative estimate of drug-likeness (QED) is 0.396. The van der Waals surface area contributed by atoms with E-state index in [4.69, 9.17) is 0 Å². The number of hydrogen-bond donors (Lipinski definition) is 1. The molecule has 1 aliphatic heterocycles. The van der Waals surface area contributed by atoms with E-state index in [-0.39, 0.29) is 17.4 Å². The number of aromatic nitrogens is 1. The Kier molecular flexibility index (Phi) is 10.6. The fourth-order valence-corrected chi connectivity index (χ4v) is 4.86. The van der Waals surface area contributed by atoms with Crippen LogP contribution >= 0.6 is 23.1 Å². The predicted octanol–water partition coefficient (Wildman–Crippen LogP) is 6.96. The summed E-state index contributed by atoms with van der Waals surface area (Å²) in [6, 6.07) is 4.06. The zero-order valence-corrected chi connectivity index (χ0v) is 22.0. The van der Waals surface area contributed by atoms with Crippen LogP contribution in [-0.4, -0.2) is 42.2 Å². The van der Waals surface area contributed by atoms with Crippen LogP contribution < -0.4 is 5.32 Å². The van der Waals surface area contributed by atoms with Gasteiger partial charge in [-0.1, -0.05) is 30.3 Å². The average Bonchev–Trinajstić information content (AvgIpc) is 3.25. The summed E-state index contributed by atoms with van der Waals surface area (Å²) in [6.07, 6.45) is -0.301. The molecule has 0 saturated carbocycles. The largest absolute Gasteiger partial charge is 0.416 e. The lowest BCUT2D eigenvalue weighted by Gasteiger charge is -2.36. The summed E-state index contributed by atoms with van der Waals surface area (Å²) >= 11 is 3.46. The molecule has 1 saturated heterocycles. The van der Waals surface area contributed by atoms with E-state index < -0.39 is 11.7 Å². The number of benzene rings is 1. The Hall–Kier alpha value is -2.59. The number of carbonyl (C=O) groups excluding carboxylic acids is 2. The molecule has 0 aliphatic carbocycles. The molecule has 1 aromatic carbocycles. The average molecular weight is 526 g/mol. The molecule has 0 bridgehead atoms. The monoisotopic (exact) mass is 525 g/mol. The first-order valence-corrected chi connectivity index (χ1v) is 12.8. The van der Waals surface area contributed by atoms with E-state index in [9.17, 15) is 22.8 Å². The van der Waals surface area contributed by atoms with Gasteiger partial charge in [-0.3, -0.25) is 4.79 Å². The molecule has 1 fully saturated rings. The molecule has 1 aromatic heterocycles. The highest BCUT2D eigenvalue weighted by Gasteiger charge is 2.32. The third-order valence-corrected chi connectivity index (χ3v) is 7.18. The zero-order valence-electron chi connectivity index (χ0n) is 20.4. The molecular formula is C25H30F3N3O2S2. The first-order chi connectivity index (χ1) is 16.5. The van der Waals surface area contributed by atoms with Crippen LogP contribution in [0.5, 0.6) is 0 Å². The predicted molar refractivity (Wildman–Crippen MR) is 138 cm³/mol. The number of nitrogens with zero attached hydrogens (tertiary/aromatic N) is 2. The zero-order chi connectivity index (χ0) is 26.2. The number of anilines is 1. The van der Waals surface area contributed by atoms with Gasteiger partial charge in [-0.25, -0.2) is 4.98 Å². The smallest absolute Gasteiger partial charge is 0.365 e. The van der Waals surface area contributed by atoms with Crippen LogP contribution in [0.1, 0.15) is 55.7 Å². The fourth-order valence-electron chi connectivity index (χ4n) is 3.14. The van der Waals surface area contributed by atoms with E-state index in [1.165, 1.54) is 20.3 Å². The number of alkyl halides is 3. The Morgan fingerprint density at radius 1 is 1.23 bits per heavy atom.